The molecule has 2 aromatic carbocycles. The predicted molar refractivity (Wildman–Crippen MR) is 95.9 cm³/mol. The molecule has 0 aliphatic heterocycles. The number of carbonyl (C=O) groups excluding carboxylic acids is 1. The first kappa shape index (κ1) is 19.7. The molecule has 6 nitrogen and oxygen atoms in total. The van der Waals surface area contributed by atoms with Gasteiger partial charge in [0.05, 0.1) is 11.5 Å². The number of rotatable bonds is 7. The first-order chi connectivity index (χ1) is 11.8. The first-order valence-electron chi connectivity index (χ1n) is 7.23. The van der Waals surface area contributed by atoms with E-state index in [1.807, 2.05) is 0 Å². The fourth-order valence-corrected chi connectivity index (χ4v) is 3.40. The second kappa shape index (κ2) is 8.64. The summed E-state index contributed by atoms with van der Waals surface area (Å²) in [6.45, 7) is -0.506. The molecule has 0 saturated heterocycles. The molecular formula is C16H16Cl2N2O4S. The first-order valence-corrected chi connectivity index (χ1v) is 9.46. The van der Waals surface area contributed by atoms with Gasteiger partial charge >= 0.3 is 0 Å². The number of aliphatic hydroxyl groups is 1. The second-order valence-corrected chi connectivity index (χ2v) is 7.74. The van der Waals surface area contributed by atoms with Crippen LogP contribution in [0.3, 0.4) is 0 Å². The molecule has 1 atom stereocenters. The smallest absolute Gasteiger partial charge is 0.241 e. The van der Waals surface area contributed by atoms with Gasteiger partial charge in [-0.3, -0.25) is 4.79 Å². The number of benzene rings is 2. The van der Waals surface area contributed by atoms with Gasteiger partial charge in [0.2, 0.25) is 15.9 Å². The van der Waals surface area contributed by atoms with Crippen LogP contribution in [0, 0.1) is 0 Å². The van der Waals surface area contributed by atoms with Crippen LogP contribution in [0.15, 0.2) is 53.4 Å². The van der Waals surface area contributed by atoms with Crippen molar-refractivity contribution in [3.8, 4) is 0 Å². The lowest BCUT2D eigenvalue weighted by molar-refractivity contribution is -0.123. The second-order valence-electron chi connectivity index (χ2n) is 5.15. The van der Waals surface area contributed by atoms with Gasteiger partial charge in [0.25, 0.3) is 0 Å². The summed E-state index contributed by atoms with van der Waals surface area (Å²) in [5, 5.41) is 12.9. The highest BCUT2D eigenvalue weighted by Crippen LogP contribution is 2.14. The highest BCUT2D eigenvalue weighted by Gasteiger charge is 2.25. The van der Waals surface area contributed by atoms with E-state index in [2.05, 4.69) is 10.0 Å². The normalized spacial score (nSPS) is 12.6. The van der Waals surface area contributed by atoms with Crippen LogP contribution in [0.1, 0.15) is 5.56 Å². The Hall–Kier alpha value is -1.64. The van der Waals surface area contributed by atoms with Crippen LogP contribution in [-0.4, -0.2) is 32.1 Å². The Balaban J connectivity index is 2.01. The van der Waals surface area contributed by atoms with Gasteiger partial charge in [-0.2, -0.15) is 4.72 Å². The summed E-state index contributed by atoms with van der Waals surface area (Å²) in [5.74, 6) is -0.644. The van der Waals surface area contributed by atoms with Crippen LogP contribution >= 0.6 is 23.2 Å². The molecule has 2 aromatic rings. The molecule has 9 heteroatoms. The van der Waals surface area contributed by atoms with Crippen LogP contribution in [0.25, 0.3) is 0 Å². The van der Waals surface area contributed by atoms with Gasteiger partial charge in [-0.15, -0.1) is 0 Å². The average molecular weight is 403 g/mol. The number of halogens is 2. The van der Waals surface area contributed by atoms with E-state index in [1.54, 1.807) is 24.3 Å². The van der Waals surface area contributed by atoms with Crippen molar-refractivity contribution < 1.29 is 18.3 Å². The monoisotopic (exact) mass is 402 g/mol. The van der Waals surface area contributed by atoms with Crippen LogP contribution in [0.5, 0.6) is 0 Å². The Kier molecular flexibility index (Phi) is 6.80. The van der Waals surface area contributed by atoms with Crippen molar-refractivity contribution in [2.24, 2.45) is 0 Å². The molecular weight excluding hydrogens is 387 g/mol. The molecule has 0 radical (unpaired) electrons. The van der Waals surface area contributed by atoms with Crippen molar-refractivity contribution in [2.75, 3.05) is 6.61 Å². The lowest BCUT2D eigenvalue weighted by Crippen LogP contribution is -2.48. The summed E-state index contributed by atoms with van der Waals surface area (Å²) in [7, 11) is -3.97. The van der Waals surface area contributed by atoms with E-state index < -0.39 is 28.6 Å². The molecule has 3 N–H and O–H groups in total. The number of hydrogen-bond donors (Lipinski definition) is 3. The van der Waals surface area contributed by atoms with Crippen molar-refractivity contribution in [1.82, 2.24) is 10.0 Å². The number of aliphatic hydroxyl groups excluding tert-OH is 1. The van der Waals surface area contributed by atoms with Gasteiger partial charge in [-0.05, 0) is 42.0 Å². The van der Waals surface area contributed by atoms with E-state index in [-0.39, 0.29) is 11.4 Å². The molecule has 0 bridgehead atoms. The van der Waals surface area contributed by atoms with Gasteiger partial charge in [0.15, 0.2) is 0 Å². The highest BCUT2D eigenvalue weighted by atomic mass is 35.5. The Bertz CT molecular complexity index is 824. The summed E-state index contributed by atoms with van der Waals surface area (Å²) in [6.07, 6.45) is 0. The number of sulfonamides is 1. The SMILES string of the molecule is O=C(NCc1ccc(Cl)cc1)C(CO)NS(=O)(=O)c1ccc(Cl)cc1. The maximum Gasteiger partial charge on any atom is 0.241 e. The van der Waals surface area contributed by atoms with Gasteiger partial charge in [-0.1, -0.05) is 35.3 Å². The molecule has 0 saturated carbocycles. The number of hydrogen-bond acceptors (Lipinski definition) is 4. The molecule has 0 heterocycles. The zero-order valence-electron chi connectivity index (χ0n) is 12.9. The fourth-order valence-electron chi connectivity index (χ4n) is 1.96. The lowest BCUT2D eigenvalue weighted by atomic mass is 10.2. The summed E-state index contributed by atoms with van der Waals surface area (Å²) in [6, 6.07) is 11.0. The summed E-state index contributed by atoms with van der Waals surface area (Å²) in [5.41, 5.74) is 0.787. The maximum atomic E-state index is 12.3. The topological polar surface area (TPSA) is 95.5 Å². The van der Waals surface area contributed by atoms with Gasteiger partial charge in [0.1, 0.15) is 6.04 Å². The van der Waals surface area contributed by atoms with Crippen molar-refractivity contribution in [3.05, 3.63) is 64.1 Å². The van der Waals surface area contributed by atoms with Gasteiger partial charge in [-0.25, -0.2) is 8.42 Å². The molecule has 0 spiro atoms. The predicted octanol–water partition coefficient (Wildman–Crippen LogP) is 1.95. The summed E-state index contributed by atoms with van der Waals surface area (Å²) in [4.78, 5) is 12.1. The molecule has 0 aliphatic carbocycles. The van der Waals surface area contributed by atoms with E-state index in [9.17, 15) is 18.3 Å². The van der Waals surface area contributed by atoms with E-state index in [0.29, 0.717) is 10.0 Å². The Morgan fingerprint density at radius 1 is 1.00 bits per heavy atom. The third kappa shape index (κ3) is 5.69. The molecule has 1 amide bonds. The van der Waals surface area contributed by atoms with Crippen molar-refractivity contribution in [2.45, 2.75) is 17.5 Å². The van der Waals surface area contributed by atoms with Crippen molar-refractivity contribution in [3.63, 3.8) is 0 Å². The van der Waals surface area contributed by atoms with Crippen LogP contribution in [0.4, 0.5) is 0 Å². The minimum absolute atomic E-state index is 0.0548. The largest absolute Gasteiger partial charge is 0.394 e. The molecule has 0 aliphatic rings. The van der Waals surface area contributed by atoms with Gasteiger partial charge < -0.3 is 10.4 Å². The summed E-state index contributed by atoms with van der Waals surface area (Å²) >= 11 is 11.5. The molecule has 134 valence electrons. The Morgan fingerprint density at radius 3 is 2.04 bits per heavy atom. The Labute approximate surface area is 155 Å². The van der Waals surface area contributed by atoms with E-state index >= 15 is 0 Å². The molecule has 25 heavy (non-hydrogen) atoms. The third-order valence-corrected chi connectivity index (χ3v) is 5.29. The van der Waals surface area contributed by atoms with E-state index in [0.717, 1.165) is 5.56 Å². The van der Waals surface area contributed by atoms with Crippen LogP contribution in [0.2, 0.25) is 10.0 Å². The van der Waals surface area contributed by atoms with E-state index in [1.165, 1.54) is 24.3 Å². The van der Waals surface area contributed by atoms with E-state index in [4.69, 9.17) is 23.2 Å². The third-order valence-electron chi connectivity index (χ3n) is 3.30. The molecule has 0 fully saturated rings. The lowest BCUT2D eigenvalue weighted by Gasteiger charge is -2.16. The standard InChI is InChI=1S/C16H16Cl2N2O4S/c17-12-3-1-11(2-4-12)9-19-16(22)15(10-21)20-25(23,24)14-7-5-13(18)6-8-14/h1-8,15,20-21H,9-10H2,(H,19,22). The quantitative estimate of drug-likeness (QED) is 0.659. The van der Waals surface area contributed by atoms with Gasteiger partial charge in [0, 0.05) is 16.6 Å². The van der Waals surface area contributed by atoms with Crippen LogP contribution in [-0.2, 0) is 21.4 Å². The fraction of sp³-hybridized carbons (Fsp3) is 0.188. The highest BCUT2D eigenvalue weighted by molar-refractivity contribution is 7.89. The van der Waals surface area contributed by atoms with Crippen molar-refractivity contribution in [1.29, 1.82) is 0 Å². The summed E-state index contributed by atoms with van der Waals surface area (Å²) < 4.78 is 26.7. The zero-order valence-corrected chi connectivity index (χ0v) is 15.3. The maximum absolute atomic E-state index is 12.3. The number of carbonyl (C=O) groups is 1. The van der Waals surface area contributed by atoms with Crippen LogP contribution < -0.4 is 10.0 Å². The molecule has 0 aromatic heterocycles. The average Bonchev–Trinajstić information content (AvgIpc) is 2.59. The number of amides is 1. The van der Waals surface area contributed by atoms with Crippen molar-refractivity contribution >= 4 is 39.1 Å². The molecule has 2 rings (SSSR count). The zero-order chi connectivity index (χ0) is 18.4. The number of nitrogens with one attached hydrogen (secondary N) is 2. The molecule has 1 unspecified atom stereocenters. The minimum atomic E-state index is -3.97. The Morgan fingerprint density at radius 2 is 1.52 bits per heavy atom. The minimum Gasteiger partial charge on any atom is -0.394 e.